The molecule has 0 saturated carbocycles. The van der Waals surface area contributed by atoms with Crippen LogP contribution in [-0.2, 0) is 21.4 Å². The Kier molecular flexibility index (Phi) is 9.49. The summed E-state index contributed by atoms with van der Waals surface area (Å²) in [6, 6.07) is 5.73. The summed E-state index contributed by atoms with van der Waals surface area (Å²) in [7, 11) is -3.60. The monoisotopic (exact) mass is 566 g/mol. The maximum atomic E-state index is 14.5. The van der Waals surface area contributed by atoms with Crippen LogP contribution in [0.3, 0.4) is 0 Å². The number of carboxylic acids is 1. The normalized spacial score (nSPS) is 11.6. The molecule has 1 heterocycles. The van der Waals surface area contributed by atoms with E-state index in [0.717, 1.165) is 6.07 Å². The predicted molar refractivity (Wildman–Crippen MR) is 132 cm³/mol. The van der Waals surface area contributed by atoms with Crippen LogP contribution < -0.4 is 15.6 Å². The van der Waals surface area contributed by atoms with E-state index in [1.165, 1.54) is 17.0 Å². The largest absolute Gasteiger partial charge is 0.490 e. The molecule has 0 atom stereocenters. The maximum Gasteiger partial charge on any atom is 0.490 e. The molecule has 0 fully saturated rings. The molecule has 1 aromatic heterocycles. The number of aryl methyl sites for hydroxylation is 2. The van der Waals surface area contributed by atoms with Crippen molar-refractivity contribution >= 4 is 55.6 Å². The van der Waals surface area contributed by atoms with Gasteiger partial charge >= 0.3 is 12.1 Å². The molecular weight excluding hydrogens is 544 g/mol. The molecule has 0 bridgehead atoms. The Hall–Kier alpha value is -3.39. The van der Waals surface area contributed by atoms with Crippen molar-refractivity contribution in [1.29, 1.82) is 0 Å². The maximum absolute atomic E-state index is 14.5. The molecule has 2 aromatic carbocycles. The fourth-order valence-corrected chi connectivity index (χ4v) is 4.58. The van der Waals surface area contributed by atoms with Gasteiger partial charge in [-0.1, -0.05) is 18.5 Å². The fourth-order valence-electron chi connectivity index (χ4n) is 3.13. The number of carbonyl (C=O) groups is 1. The van der Waals surface area contributed by atoms with Crippen LogP contribution in [-0.4, -0.2) is 41.0 Å². The number of aliphatic carboxylic acids is 1. The number of halogens is 5. The van der Waals surface area contributed by atoms with Crippen molar-refractivity contribution in [3.8, 4) is 0 Å². The number of nitrogens with zero attached hydrogens (tertiary/aromatic N) is 2. The number of hydrogen-bond donors (Lipinski definition) is 3. The first-order valence-electron chi connectivity index (χ1n) is 10.7. The first-order chi connectivity index (χ1) is 17.1. The summed E-state index contributed by atoms with van der Waals surface area (Å²) in [6.07, 6.45) is -3.17. The third-order valence-electron chi connectivity index (χ3n) is 4.93. The number of aromatic nitrogens is 2. The van der Waals surface area contributed by atoms with Crippen molar-refractivity contribution in [2.45, 2.75) is 39.9 Å². The average Bonchev–Trinajstić information content (AvgIpc) is 2.79. The van der Waals surface area contributed by atoms with Crippen LogP contribution in [0.2, 0.25) is 5.02 Å². The molecular formula is C22H23ClF4N4O5S. The number of rotatable bonds is 7. The van der Waals surface area contributed by atoms with E-state index in [0.29, 0.717) is 35.1 Å². The van der Waals surface area contributed by atoms with Crippen LogP contribution in [0.15, 0.2) is 35.4 Å². The summed E-state index contributed by atoms with van der Waals surface area (Å²) in [4.78, 5) is 25.9. The number of nitrogens with one attached hydrogen (secondary N) is 2. The minimum atomic E-state index is -5.08. The molecule has 0 radical (unpaired) electrons. The van der Waals surface area contributed by atoms with Gasteiger partial charge in [0.15, 0.2) is 0 Å². The highest BCUT2D eigenvalue weighted by Gasteiger charge is 2.38. The van der Waals surface area contributed by atoms with Gasteiger partial charge in [-0.25, -0.2) is 22.6 Å². The van der Waals surface area contributed by atoms with Gasteiger partial charge in [0, 0.05) is 12.2 Å². The minimum absolute atomic E-state index is 0.0717. The van der Waals surface area contributed by atoms with Crippen molar-refractivity contribution in [3.05, 3.63) is 57.3 Å². The molecule has 3 rings (SSSR count). The number of carboxylic acid groups (broad SMARTS) is 1. The Morgan fingerprint density at radius 2 is 1.76 bits per heavy atom. The van der Waals surface area contributed by atoms with Gasteiger partial charge in [-0.05, 0) is 50.1 Å². The van der Waals surface area contributed by atoms with Crippen molar-refractivity contribution in [3.63, 3.8) is 0 Å². The molecule has 0 aliphatic carbocycles. The molecule has 3 aromatic rings. The van der Waals surface area contributed by atoms with Gasteiger partial charge in [0.05, 0.1) is 39.4 Å². The Balaban J connectivity index is 0.000000604. The lowest BCUT2D eigenvalue weighted by atomic mass is 10.1. The van der Waals surface area contributed by atoms with Gasteiger partial charge in [-0.2, -0.15) is 13.2 Å². The number of fused-ring (bicyclic) bond motifs is 1. The molecule has 0 saturated heterocycles. The van der Waals surface area contributed by atoms with E-state index in [-0.39, 0.29) is 27.7 Å². The van der Waals surface area contributed by atoms with E-state index in [1.54, 1.807) is 26.0 Å². The van der Waals surface area contributed by atoms with E-state index < -0.39 is 28.0 Å². The highest BCUT2D eigenvalue weighted by molar-refractivity contribution is 7.92. The first kappa shape index (κ1) is 29.8. The summed E-state index contributed by atoms with van der Waals surface area (Å²) in [6.45, 7) is 5.78. The summed E-state index contributed by atoms with van der Waals surface area (Å²) < 4.78 is 74.3. The zero-order valence-electron chi connectivity index (χ0n) is 19.8. The van der Waals surface area contributed by atoms with E-state index in [9.17, 15) is 30.8 Å². The number of benzene rings is 2. The SMILES string of the molecule is CCCS(=O)(=O)Nc1ccc(F)c(Nc2ccc3ncn(CC)c(=O)c3c2C)c1Cl.O=C(O)C(F)(F)F. The third kappa shape index (κ3) is 7.32. The van der Waals surface area contributed by atoms with Gasteiger partial charge in [-0.3, -0.25) is 14.1 Å². The van der Waals surface area contributed by atoms with Crippen LogP contribution >= 0.6 is 11.6 Å². The Bertz CT molecular complexity index is 1480. The van der Waals surface area contributed by atoms with Gasteiger partial charge in [0.1, 0.15) is 5.82 Å². The van der Waals surface area contributed by atoms with Gasteiger partial charge in [-0.15, -0.1) is 0 Å². The smallest absolute Gasteiger partial charge is 0.475 e. The second-order valence-electron chi connectivity index (χ2n) is 7.60. The zero-order valence-corrected chi connectivity index (χ0v) is 21.4. The summed E-state index contributed by atoms with van der Waals surface area (Å²) in [5, 5.41) is 10.3. The molecule has 9 nitrogen and oxygen atoms in total. The van der Waals surface area contributed by atoms with E-state index >= 15 is 0 Å². The third-order valence-corrected chi connectivity index (χ3v) is 6.80. The number of alkyl halides is 3. The summed E-state index contributed by atoms with van der Waals surface area (Å²) >= 11 is 6.31. The minimum Gasteiger partial charge on any atom is -0.475 e. The number of hydrogen-bond acceptors (Lipinski definition) is 6. The number of sulfonamides is 1. The van der Waals surface area contributed by atoms with E-state index in [1.807, 2.05) is 6.92 Å². The second-order valence-corrected chi connectivity index (χ2v) is 9.82. The lowest BCUT2D eigenvalue weighted by molar-refractivity contribution is -0.192. The number of anilines is 3. The first-order valence-corrected chi connectivity index (χ1v) is 12.7. The molecule has 0 spiro atoms. The van der Waals surface area contributed by atoms with Crippen LogP contribution in [0.25, 0.3) is 10.9 Å². The fraction of sp³-hybridized carbons (Fsp3) is 0.318. The predicted octanol–water partition coefficient (Wildman–Crippen LogP) is 5.05. The van der Waals surface area contributed by atoms with Crippen molar-refractivity contribution < 1.29 is 35.9 Å². The second kappa shape index (κ2) is 11.8. The van der Waals surface area contributed by atoms with E-state index in [2.05, 4.69) is 15.0 Å². The lowest BCUT2D eigenvalue weighted by Gasteiger charge is -2.16. The average molecular weight is 567 g/mol. The molecule has 0 amide bonds. The van der Waals surface area contributed by atoms with Crippen LogP contribution in [0.1, 0.15) is 25.8 Å². The van der Waals surface area contributed by atoms with E-state index in [4.69, 9.17) is 21.5 Å². The Morgan fingerprint density at radius 1 is 1.16 bits per heavy atom. The lowest BCUT2D eigenvalue weighted by Crippen LogP contribution is -2.21. The molecule has 3 N–H and O–H groups in total. The van der Waals surface area contributed by atoms with Crippen molar-refractivity contribution in [2.24, 2.45) is 0 Å². The molecule has 0 aliphatic rings. The van der Waals surface area contributed by atoms with Gasteiger partial charge in [0.25, 0.3) is 5.56 Å². The standard InChI is InChI=1S/C20H22ClFN4O3S.C2HF3O2/c1-4-10-30(28,29)25-16-7-6-13(22)19(18(16)21)24-14-8-9-15-17(12(14)3)20(27)26(5-2)11-23-15;3-2(4,5)1(6)7/h6-9,11,24-25H,4-5,10H2,1-3H3;(H,6,7). The van der Waals surface area contributed by atoms with Crippen molar-refractivity contribution in [1.82, 2.24) is 9.55 Å². The molecule has 37 heavy (non-hydrogen) atoms. The zero-order chi connectivity index (χ0) is 28.1. The van der Waals surface area contributed by atoms with Gasteiger partial charge < -0.3 is 10.4 Å². The molecule has 0 unspecified atom stereocenters. The highest BCUT2D eigenvalue weighted by atomic mass is 35.5. The Labute approximate surface area is 214 Å². The quantitative estimate of drug-likeness (QED) is 0.341. The van der Waals surface area contributed by atoms with Crippen LogP contribution in [0, 0.1) is 12.7 Å². The van der Waals surface area contributed by atoms with Gasteiger partial charge in [0.2, 0.25) is 10.0 Å². The van der Waals surface area contributed by atoms with Crippen LogP contribution in [0.4, 0.5) is 34.6 Å². The molecule has 0 aliphatic heterocycles. The topological polar surface area (TPSA) is 130 Å². The molecule has 202 valence electrons. The molecule has 15 heteroatoms. The Morgan fingerprint density at radius 3 is 2.30 bits per heavy atom. The summed E-state index contributed by atoms with van der Waals surface area (Å²) in [5.41, 5.74) is 1.36. The van der Waals surface area contributed by atoms with Crippen LogP contribution in [0.5, 0.6) is 0 Å². The van der Waals surface area contributed by atoms with Crippen molar-refractivity contribution in [2.75, 3.05) is 15.8 Å². The highest BCUT2D eigenvalue weighted by Crippen LogP contribution is 2.36. The summed E-state index contributed by atoms with van der Waals surface area (Å²) in [5.74, 6) is -3.49.